The lowest BCUT2D eigenvalue weighted by Gasteiger charge is -2.14. The molecule has 3 nitrogen and oxygen atoms in total. The maximum absolute atomic E-state index is 6.11. The Hall–Kier alpha value is -1.13. The molecule has 0 aliphatic rings. The van der Waals surface area contributed by atoms with Crippen molar-refractivity contribution in [3.05, 3.63) is 45.3 Å². The first-order chi connectivity index (χ1) is 8.99. The summed E-state index contributed by atoms with van der Waals surface area (Å²) in [5, 5.41) is 0.434. The van der Waals surface area contributed by atoms with Gasteiger partial charge in [-0.25, -0.2) is 9.97 Å². The Kier molecular flexibility index (Phi) is 4.42. The van der Waals surface area contributed by atoms with Crippen LogP contribution in [-0.4, -0.2) is 9.97 Å². The summed E-state index contributed by atoms with van der Waals surface area (Å²) in [5.74, 6) is 1.40. The lowest BCUT2D eigenvalue weighted by molar-refractivity contribution is 0.448. The van der Waals surface area contributed by atoms with E-state index in [4.69, 9.17) is 16.3 Å². The first-order valence-electron chi connectivity index (χ1n) is 5.93. The molecule has 0 amide bonds. The molecule has 0 aliphatic heterocycles. The molecule has 1 aromatic carbocycles. The van der Waals surface area contributed by atoms with E-state index in [9.17, 15) is 0 Å². The molecule has 0 atom stereocenters. The zero-order valence-electron chi connectivity index (χ0n) is 10.9. The van der Waals surface area contributed by atoms with Crippen molar-refractivity contribution in [3.8, 4) is 11.6 Å². The minimum Gasteiger partial charge on any atom is -0.437 e. The van der Waals surface area contributed by atoms with E-state index in [1.807, 2.05) is 39.0 Å². The molecular formula is C14H14BrClN2O. The number of nitrogens with zero attached hydrogens (tertiary/aromatic N) is 2. The molecule has 0 saturated carbocycles. The van der Waals surface area contributed by atoms with Crippen LogP contribution in [0, 0.1) is 6.92 Å². The van der Waals surface area contributed by atoms with Crippen LogP contribution in [-0.2, 0) is 0 Å². The van der Waals surface area contributed by atoms with Crippen LogP contribution in [0.15, 0.2) is 29.0 Å². The van der Waals surface area contributed by atoms with Gasteiger partial charge in [0, 0.05) is 0 Å². The highest BCUT2D eigenvalue weighted by Crippen LogP contribution is 2.35. The molecule has 0 bridgehead atoms. The van der Waals surface area contributed by atoms with Gasteiger partial charge in [0.05, 0.1) is 10.0 Å². The van der Waals surface area contributed by atoms with E-state index in [-0.39, 0.29) is 5.92 Å². The van der Waals surface area contributed by atoms with Crippen molar-refractivity contribution < 1.29 is 4.74 Å². The van der Waals surface area contributed by atoms with Crippen LogP contribution in [0.5, 0.6) is 11.6 Å². The number of benzene rings is 1. The van der Waals surface area contributed by atoms with Gasteiger partial charge < -0.3 is 4.74 Å². The minimum absolute atomic E-state index is 0.188. The van der Waals surface area contributed by atoms with Crippen molar-refractivity contribution in [1.29, 1.82) is 0 Å². The highest BCUT2D eigenvalue weighted by Gasteiger charge is 2.16. The van der Waals surface area contributed by atoms with Crippen molar-refractivity contribution in [2.45, 2.75) is 26.7 Å². The van der Waals surface area contributed by atoms with Crippen molar-refractivity contribution in [2.75, 3.05) is 0 Å². The van der Waals surface area contributed by atoms with E-state index in [0.29, 0.717) is 16.8 Å². The summed E-state index contributed by atoms with van der Waals surface area (Å²) in [6, 6.07) is 5.88. The van der Waals surface area contributed by atoms with E-state index in [1.165, 1.54) is 6.33 Å². The largest absolute Gasteiger partial charge is 0.437 e. The van der Waals surface area contributed by atoms with Crippen LogP contribution in [0.4, 0.5) is 0 Å². The van der Waals surface area contributed by atoms with Gasteiger partial charge in [0.25, 0.3) is 0 Å². The Bertz CT molecular complexity index is 602. The molecule has 0 spiro atoms. The number of aromatic nitrogens is 2. The van der Waals surface area contributed by atoms with E-state index in [1.54, 1.807) is 0 Å². The van der Waals surface area contributed by atoms with Crippen molar-refractivity contribution in [2.24, 2.45) is 0 Å². The molecule has 1 heterocycles. The zero-order chi connectivity index (χ0) is 14.0. The number of ether oxygens (including phenoxy) is 1. The lowest BCUT2D eigenvalue weighted by atomic mass is 10.1. The fraction of sp³-hybridized carbons (Fsp3) is 0.286. The van der Waals surface area contributed by atoms with Gasteiger partial charge in [0.15, 0.2) is 0 Å². The number of rotatable bonds is 3. The SMILES string of the molecule is Cc1ccc(Oc2ncnc(Cl)c2C(C)C)c(Br)c1. The monoisotopic (exact) mass is 340 g/mol. The second-order valence-electron chi connectivity index (χ2n) is 4.57. The number of aryl methyl sites for hydroxylation is 1. The van der Waals surface area contributed by atoms with Crippen LogP contribution in [0.2, 0.25) is 5.15 Å². The Morgan fingerprint density at radius 3 is 2.63 bits per heavy atom. The van der Waals surface area contributed by atoms with Crippen LogP contribution in [0.1, 0.15) is 30.9 Å². The van der Waals surface area contributed by atoms with Crippen LogP contribution in [0.3, 0.4) is 0 Å². The summed E-state index contributed by atoms with van der Waals surface area (Å²) < 4.78 is 6.74. The van der Waals surface area contributed by atoms with Gasteiger partial charge in [0.2, 0.25) is 5.88 Å². The predicted octanol–water partition coefficient (Wildman–Crippen LogP) is 5.12. The van der Waals surface area contributed by atoms with Crippen molar-refractivity contribution in [1.82, 2.24) is 9.97 Å². The number of hydrogen-bond donors (Lipinski definition) is 0. The summed E-state index contributed by atoms with van der Waals surface area (Å²) in [6.07, 6.45) is 1.41. The molecule has 0 N–H and O–H groups in total. The molecular weight excluding hydrogens is 328 g/mol. The van der Waals surface area contributed by atoms with E-state index >= 15 is 0 Å². The van der Waals surface area contributed by atoms with Crippen LogP contribution in [0.25, 0.3) is 0 Å². The molecule has 0 unspecified atom stereocenters. The first-order valence-corrected chi connectivity index (χ1v) is 7.10. The predicted molar refractivity (Wildman–Crippen MR) is 80.1 cm³/mol. The quantitative estimate of drug-likeness (QED) is 0.727. The second kappa shape index (κ2) is 5.88. The normalized spacial score (nSPS) is 10.8. The fourth-order valence-corrected chi connectivity index (χ4v) is 2.64. The summed E-state index contributed by atoms with van der Waals surface area (Å²) in [7, 11) is 0. The van der Waals surface area contributed by atoms with E-state index in [0.717, 1.165) is 15.6 Å². The molecule has 2 aromatic rings. The van der Waals surface area contributed by atoms with Gasteiger partial charge in [-0.3, -0.25) is 0 Å². The summed E-state index contributed by atoms with van der Waals surface area (Å²) in [6.45, 7) is 6.08. The van der Waals surface area contributed by atoms with Gasteiger partial charge in [-0.1, -0.05) is 31.5 Å². The highest BCUT2D eigenvalue weighted by molar-refractivity contribution is 9.10. The van der Waals surface area contributed by atoms with Crippen LogP contribution >= 0.6 is 27.5 Å². The smallest absolute Gasteiger partial charge is 0.227 e. The van der Waals surface area contributed by atoms with Gasteiger partial charge in [-0.15, -0.1) is 0 Å². The fourth-order valence-electron chi connectivity index (χ4n) is 1.72. The maximum atomic E-state index is 6.11. The third kappa shape index (κ3) is 3.25. The van der Waals surface area contributed by atoms with Gasteiger partial charge >= 0.3 is 0 Å². The second-order valence-corrected chi connectivity index (χ2v) is 5.79. The topological polar surface area (TPSA) is 35.0 Å². The molecule has 0 fully saturated rings. The maximum Gasteiger partial charge on any atom is 0.227 e. The summed E-state index contributed by atoms with van der Waals surface area (Å²) >= 11 is 9.60. The molecule has 5 heteroatoms. The number of halogens is 2. The van der Waals surface area contributed by atoms with E-state index < -0.39 is 0 Å². The van der Waals surface area contributed by atoms with Gasteiger partial charge in [0.1, 0.15) is 17.2 Å². The molecule has 100 valence electrons. The lowest BCUT2D eigenvalue weighted by Crippen LogP contribution is -2.00. The average molecular weight is 342 g/mol. The van der Waals surface area contributed by atoms with Crippen LogP contribution < -0.4 is 4.74 Å². The zero-order valence-corrected chi connectivity index (χ0v) is 13.3. The van der Waals surface area contributed by atoms with E-state index in [2.05, 4.69) is 25.9 Å². The summed E-state index contributed by atoms with van der Waals surface area (Å²) in [4.78, 5) is 8.18. The highest BCUT2D eigenvalue weighted by atomic mass is 79.9. The molecule has 0 aliphatic carbocycles. The third-order valence-corrected chi connectivity index (χ3v) is 3.59. The van der Waals surface area contributed by atoms with Crippen molar-refractivity contribution in [3.63, 3.8) is 0 Å². The summed E-state index contributed by atoms with van der Waals surface area (Å²) in [5.41, 5.74) is 1.97. The molecule has 0 radical (unpaired) electrons. The third-order valence-electron chi connectivity index (χ3n) is 2.67. The number of hydrogen-bond acceptors (Lipinski definition) is 3. The Balaban J connectivity index is 2.41. The molecule has 1 aromatic heterocycles. The van der Waals surface area contributed by atoms with Gasteiger partial charge in [-0.2, -0.15) is 0 Å². The van der Waals surface area contributed by atoms with Gasteiger partial charge in [-0.05, 0) is 46.5 Å². The Morgan fingerprint density at radius 1 is 1.26 bits per heavy atom. The standard InChI is InChI=1S/C14H14BrClN2O/c1-8(2)12-13(16)17-7-18-14(12)19-11-5-4-9(3)6-10(11)15/h4-8H,1-3H3. The Morgan fingerprint density at radius 2 is 2.00 bits per heavy atom. The first kappa shape index (κ1) is 14.3. The molecule has 0 saturated heterocycles. The molecule has 19 heavy (non-hydrogen) atoms. The molecule has 2 rings (SSSR count). The average Bonchev–Trinajstić information content (AvgIpc) is 2.32. The van der Waals surface area contributed by atoms with Crippen molar-refractivity contribution >= 4 is 27.5 Å². The Labute approximate surface area is 126 Å². The minimum atomic E-state index is 0.188.